The standard InChI is InChI=1S/C15H22N4OS2.2ClH/c1-3-19(4-2)15-18-14-12(22-15)7-11(21-14)13(20)17-10(8-16)9-5-6-9;;/h7,9-10H,3-6,8,16H2,1-2H3,(H,17,20);2*1H. The molecule has 2 heterocycles. The van der Waals surface area contributed by atoms with Gasteiger partial charge in [0.1, 0.15) is 4.83 Å². The predicted molar refractivity (Wildman–Crippen MR) is 109 cm³/mol. The van der Waals surface area contributed by atoms with Crippen LogP contribution >= 0.6 is 47.5 Å². The molecule has 0 spiro atoms. The van der Waals surface area contributed by atoms with Crippen LogP contribution in [-0.4, -0.2) is 36.6 Å². The lowest BCUT2D eigenvalue weighted by molar-refractivity contribution is 0.0937. The Kier molecular flexibility index (Phi) is 8.22. The Bertz CT molecular complexity index is 636. The zero-order valence-corrected chi connectivity index (χ0v) is 17.0. The zero-order chi connectivity index (χ0) is 15.7. The fourth-order valence-electron chi connectivity index (χ4n) is 2.57. The number of nitrogens with two attached hydrogens (primary N) is 1. The number of thiazole rings is 1. The van der Waals surface area contributed by atoms with Crippen molar-refractivity contribution in [3.05, 3.63) is 10.9 Å². The Labute approximate surface area is 162 Å². The molecule has 0 aliphatic heterocycles. The molecule has 0 bridgehead atoms. The molecule has 1 fully saturated rings. The minimum atomic E-state index is -0.0121. The molecule has 0 radical (unpaired) electrons. The van der Waals surface area contributed by atoms with E-state index in [1.54, 1.807) is 11.3 Å². The number of thiophene rings is 1. The highest BCUT2D eigenvalue weighted by atomic mass is 35.5. The smallest absolute Gasteiger partial charge is 0.261 e. The third-order valence-corrected chi connectivity index (χ3v) is 6.32. The summed E-state index contributed by atoms with van der Waals surface area (Å²) in [6.45, 7) is 6.67. The fourth-order valence-corrected chi connectivity index (χ4v) is 4.81. The lowest BCUT2D eigenvalue weighted by Gasteiger charge is -2.16. The molecule has 136 valence electrons. The van der Waals surface area contributed by atoms with Crippen LogP contribution in [0.2, 0.25) is 0 Å². The molecule has 9 heteroatoms. The minimum absolute atomic E-state index is 0. The number of nitrogens with zero attached hydrogens (tertiary/aromatic N) is 2. The first-order chi connectivity index (χ1) is 10.7. The van der Waals surface area contributed by atoms with Crippen LogP contribution in [0, 0.1) is 5.92 Å². The largest absolute Gasteiger partial charge is 0.349 e. The van der Waals surface area contributed by atoms with E-state index in [-0.39, 0.29) is 36.8 Å². The highest BCUT2D eigenvalue weighted by molar-refractivity contribution is 7.29. The summed E-state index contributed by atoms with van der Waals surface area (Å²) in [5.74, 6) is 0.560. The van der Waals surface area contributed by atoms with E-state index in [1.807, 2.05) is 6.07 Å². The van der Waals surface area contributed by atoms with Gasteiger partial charge in [-0.15, -0.1) is 36.2 Å². The zero-order valence-electron chi connectivity index (χ0n) is 13.8. The number of nitrogens with one attached hydrogen (secondary N) is 1. The van der Waals surface area contributed by atoms with Crippen molar-refractivity contribution < 1.29 is 4.79 Å². The van der Waals surface area contributed by atoms with Crippen LogP contribution < -0.4 is 16.0 Å². The second-order valence-corrected chi connectivity index (χ2v) is 7.64. The Morgan fingerprint density at radius 3 is 2.54 bits per heavy atom. The molecule has 1 aliphatic rings. The quantitative estimate of drug-likeness (QED) is 0.732. The van der Waals surface area contributed by atoms with Crippen molar-refractivity contribution in [1.82, 2.24) is 10.3 Å². The number of amides is 1. The van der Waals surface area contributed by atoms with E-state index in [4.69, 9.17) is 5.73 Å². The summed E-state index contributed by atoms with van der Waals surface area (Å²) in [7, 11) is 0. The molecular formula is C15H24Cl2N4OS2. The lowest BCUT2D eigenvalue weighted by atomic mass is 10.2. The van der Waals surface area contributed by atoms with Crippen LogP contribution in [0.15, 0.2) is 6.07 Å². The van der Waals surface area contributed by atoms with Crippen molar-refractivity contribution in [1.29, 1.82) is 0 Å². The molecule has 1 saturated carbocycles. The second kappa shape index (κ2) is 9.20. The number of fused-ring (bicyclic) bond motifs is 1. The third-order valence-electron chi connectivity index (χ3n) is 4.10. The van der Waals surface area contributed by atoms with E-state index in [0.29, 0.717) is 12.5 Å². The Balaban J connectivity index is 0.00000144. The monoisotopic (exact) mass is 410 g/mol. The van der Waals surface area contributed by atoms with Gasteiger partial charge in [0.2, 0.25) is 0 Å². The maximum Gasteiger partial charge on any atom is 0.261 e. The van der Waals surface area contributed by atoms with E-state index in [9.17, 15) is 4.79 Å². The normalized spacial score (nSPS) is 14.6. The van der Waals surface area contributed by atoms with Gasteiger partial charge < -0.3 is 16.0 Å². The van der Waals surface area contributed by atoms with Crippen molar-refractivity contribution in [2.45, 2.75) is 32.7 Å². The molecule has 1 amide bonds. The number of carbonyl (C=O) groups excluding carboxylic acids is 1. The van der Waals surface area contributed by atoms with Crippen LogP contribution in [0.1, 0.15) is 36.4 Å². The van der Waals surface area contributed by atoms with E-state index >= 15 is 0 Å². The number of anilines is 1. The average Bonchev–Trinajstić information content (AvgIpc) is 3.16. The number of rotatable bonds is 7. The summed E-state index contributed by atoms with van der Waals surface area (Å²) < 4.78 is 1.09. The Morgan fingerprint density at radius 1 is 1.38 bits per heavy atom. The Hall–Kier alpha value is -0.600. The molecule has 3 N–H and O–H groups in total. The molecule has 5 nitrogen and oxygen atoms in total. The summed E-state index contributed by atoms with van der Waals surface area (Å²) in [6, 6.07) is 2.08. The van der Waals surface area contributed by atoms with Gasteiger partial charge in [0.15, 0.2) is 5.13 Å². The fraction of sp³-hybridized carbons (Fsp3) is 0.600. The minimum Gasteiger partial charge on any atom is -0.349 e. The van der Waals surface area contributed by atoms with E-state index in [1.165, 1.54) is 24.2 Å². The van der Waals surface area contributed by atoms with Gasteiger partial charge in [-0.1, -0.05) is 11.3 Å². The van der Waals surface area contributed by atoms with Gasteiger partial charge in [0, 0.05) is 25.7 Å². The molecule has 2 aromatic rings. The molecule has 1 unspecified atom stereocenters. The van der Waals surface area contributed by atoms with E-state index < -0.39 is 0 Å². The molecule has 1 aliphatic carbocycles. The molecular weight excluding hydrogens is 387 g/mol. The van der Waals surface area contributed by atoms with Crippen molar-refractivity contribution in [3.63, 3.8) is 0 Å². The summed E-state index contributed by atoms with van der Waals surface area (Å²) >= 11 is 3.13. The predicted octanol–water partition coefficient (Wildman–Crippen LogP) is 3.51. The van der Waals surface area contributed by atoms with Gasteiger partial charge in [-0.05, 0) is 38.7 Å². The molecule has 24 heavy (non-hydrogen) atoms. The van der Waals surface area contributed by atoms with Crippen molar-refractivity contribution >= 4 is 68.1 Å². The van der Waals surface area contributed by atoms with Crippen molar-refractivity contribution in [2.75, 3.05) is 24.5 Å². The number of carbonyl (C=O) groups is 1. The molecule has 2 aromatic heterocycles. The number of hydrogen-bond acceptors (Lipinski definition) is 6. The summed E-state index contributed by atoms with van der Waals surface area (Å²) in [5.41, 5.74) is 5.75. The number of aromatic nitrogens is 1. The van der Waals surface area contributed by atoms with Crippen molar-refractivity contribution in [2.24, 2.45) is 11.7 Å². The van der Waals surface area contributed by atoms with E-state index in [2.05, 4.69) is 29.0 Å². The number of hydrogen-bond donors (Lipinski definition) is 2. The third kappa shape index (κ3) is 4.52. The maximum absolute atomic E-state index is 12.4. The topological polar surface area (TPSA) is 71.2 Å². The first-order valence-electron chi connectivity index (χ1n) is 7.82. The van der Waals surface area contributed by atoms with Crippen LogP contribution in [0.3, 0.4) is 0 Å². The van der Waals surface area contributed by atoms with Crippen LogP contribution in [0.5, 0.6) is 0 Å². The van der Waals surface area contributed by atoms with Gasteiger partial charge in [-0.25, -0.2) is 4.98 Å². The SMILES string of the molecule is CCN(CC)c1nc2sc(C(=O)NC(CN)C3CC3)cc2s1.Cl.Cl. The molecule has 3 rings (SSSR count). The van der Waals surface area contributed by atoms with Crippen LogP contribution in [0.25, 0.3) is 9.53 Å². The van der Waals surface area contributed by atoms with Crippen molar-refractivity contribution in [3.8, 4) is 0 Å². The number of halogens is 2. The average molecular weight is 411 g/mol. The van der Waals surface area contributed by atoms with E-state index in [0.717, 1.165) is 32.6 Å². The van der Waals surface area contributed by atoms with Gasteiger partial charge >= 0.3 is 0 Å². The lowest BCUT2D eigenvalue weighted by Crippen LogP contribution is -2.41. The molecule has 0 aromatic carbocycles. The summed E-state index contributed by atoms with van der Waals surface area (Å²) in [4.78, 5) is 20.9. The highest BCUT2D eigenvalue weighted by Gasteiger charge is 2.31. The highest BCUT2D eigenvalue weighted by Crippen LogP contribution is 2.35. The first-order valence-corrected chi connectivity index (χ1v) is 9.45. The van der Waals surface area contributed by atoms with Gasteiger partial charge in [0.25, 0.3) is 5.91 Å². The van der Waals surface area contributed by atoms with Gasteiger partial charge in [-0.2, -0.15) is 0 Å². The summed E-state index contributed by atoms with van der Waals surface area (Å²) in [5, 5.41) is 4.11. The Morgan fingerprint density at radius 2 is 2.04 bits per heavy atom. The second-order valence-electron chi connectivity index (χ2n) is 5.60. The van der Waals surface area contributed by atoms with Crippen LogP contribution in [-0.2, 0) is 0 Å². The van der Waals surface area contributed by atoms with Crippen LogP contribution in [0.4, 0.5) is 5.13 Å². The molecule has 1 atom stereocenters. The summed E-state index contributed by atoms with van der Waals surface area (Å²) in [6.07, 6.45) is 2.35. The van der Waals surface area contributed by atoms with Gasteiger partial charge in [-0.3, -0.25) is 4.79 Å². The van der Waals surface area contributed by atoms with Gasteiger partial charge in [0.05, 0.1) is 9.58 Å². The first kappa shape index (κ1) is 21.4. The maximum atomic E-state index is 12.4. The molecule has 0 saturated heterocycles.